The van der Waals surface area contributed by atoms with Crippen molar-refractivity contribution in [3.63, 3.8) is 0 Å². The second kappa shape index (κ2) is 6.03. The number of nitrogens with zero attached hydrogens (tertiary/aromatic N) is 2. The molecule has 0 amide bonds. The van der Waals surface area contributed by atoms with Gasteiger partial charge in [0.15, 0.2) is 0 Å². The van der Waals surface area contributed by atoms with Crippen molar-refractivity contribution in [2.45, 2.75) is 13.3 Å². The number of anilines is 1. The minimum absolute atomic E-state index is 0.322. The Balaban J connectivity index is 2.62. The number of hydrogen-bond donors (Lipinski definition) is 0. The van der Waals surface area contributed by atoms with Gasteiger partial charge in [0.05, 0.1) is 12.2 Å². The van der Waals surface area contributed by atoms with E-state index in [0.29, 0.717) is 18.6 Å². The Bertz CT molecular complexity index is 414. The summed E-state index contributed by atoms with van der Waals surface area (Å²) in [5.74, 6) is 0.413. The average molecular weight is 234 g/mol. The van der Waals surface area contributed by atoms with Crippen LogP contribution in [0, 0.1) is 0 Å². The van der Waals surface area contributed by atoms with E-state index in [2.05, 4.69) is 11.6 Å². The maximum absolute atomic E-state index is 11.7. The van der Waals surface area contributed by atoms with E-state index < -0.39 is 0 Å². The zero-order valence-electron chi connectivity index (χ0n) is 10.6. The monoisotopic (exact) mass is 234 g/mol. The van der Waals surface area contributed by atoms with Gasteiger partial charge in [0.25, 0.3) is 0 Å². The summed E-state index contributed by atoms with van der Waals surface area (Å²) in [4.78, 5) is 17.7. The fraction of sp³-hybridized carbons (Fsp3) is 0.385. The third-order valence-electron chi connectivity index (χ3n) is 2.20. The smallest absolute Gasteiger partial charge is 0.338 e. The molecule has 92 valence electrons. The van der Waals surface area contributed by atoms with Crippen molar-refractivity contribution in [3.8, 4) is 0 Å². The number of hydrogen-bond acceptors (Lipinski definition) is 4. The lowest BCUT2D eigenvalue weighted by Gasteiger charge is -2.11. The number of esters is 1. The summed E-state index contributed by atoms with van der Waals surface area (Å²) in [6.07, 6.45) is 2.29. The summed E-state index contributed by atoms with van der Waals surface area (Å²) in [5, 5.41) is 0. The fourth-order valence-electron chi connectivity index (χ4n) is 1.19. The molecule has 0 atom stereocenters. The minimum atomic E-state index is -0.322. The molecule has 0 aliphatic carbocycles. The summed E-state index contributed by atoms with van der Waals surface area (Å²) in [7, 11) is 3.75. The lowest BCUT2D eigenvalue weighted by atomic mass is 10.2. The third-order valence-corrected chi connectivity index (χ3v) is 2.20. The molecule has 4 heteroatoms. The number of rotatable bonds is 5. The summed E-state index contributed by atoms with van der Waals surface area (Å²) in [6, 6.07) is 3.36. The standard InChI is InChI=1S/C13H18N2O2/c1-10(2)6-8-17-13(16)11-5-7-14-12(9-11)15(3)4/h5,7,9H,1,6,8H2,2-4H3. The molecule has 0 saturated carbocycles. The van der Waals surface area contributed by atoms with E-state index in [1.165, 1.54) is 0 Å². The fourth-order valence-corrected chi connectivity index (χ4v) is 1.19. The van der Waals surface area contributed by atoms with E-state index in [1.54, 1.807) is 18.3 Å². The van der Waals surface area contributed by atoms with Gasteiger partial charge in [-0.15, -0.1) is 6.58 Å². The molecule has 0 radical (unpaired) electrons. The van der Waals surface area contributed by atoms with Crippen LogP contribution in [0.25, 0.3) is 0 Å². The molecule has 0 N–H and O–H groups in total. The van der Waals surface area contributed by atoms with Crippen LogP contribution in [0.1, 0.15) is 23.7 Å². The SMILES string of the molecule is C=C(C)CCOC(=O)c1ccnc(N(C)C)c1. The molecule has 0 fully saturated rings. The number of pyridine rings is 1. The molecule has 0 unspecified atom stereocenters. The Labute approximate surface area is 102 Å². The van der Waals surface area contributed by atoms with Crippen LogP contribution in [0.4, 0.5) is 5.82 Å². The molecule has 0 aliphatic heterocycles. The average Bonchev–Trinajstić information content (AvgIpc) is 2.28. The van der Waals surface area contributed by atoms with Crippen molar-refractivity contribution in [2.75, 3.05) is 25.6 Å². The zero-order chi connectivity index (χ0) is 12.8. The lowest BCUT2D eigenvalue weighted by Crippen LogP contribution is -2.13. The lowest BCUT2D eigenvalue weighted by molar-refractivity contribution is 0.0509. The molecule has 17 heavy (non-hydrogen) atoms. The van der Waals surface area contributed by atoms with Crippen LogP contribution in [-0.4, -0.2) is 31.7 Å². The first kappa shape index (κ1) is 13.2. The van der Waals surface area contributed by atoms with Crippen molar-refractivity contribution in [3.05, 3.63) is 36.0 Å². The molecule has 0 saturated heterocycles. The van der Waals surface area contributed by atoms with Crippen LogP contribution < -0.4 is 4.90 Å². The highest BCUT2D eigenvalue weighted by molar-refractivity contribution is 5.90. The molecule has 1 rings (SSSR count). The van der Waals surface area contributed by atoms with Crippen molar-refractivity contribution in [1.82, 2.24) is 4.98 Å². The van der Waals surface area contributed by atoms with Gasteiger partial charge in [-0.3, -0.25) is 0 Å². The van der Waals surface area contributed by atoms with Crippen LogP contribution in [-0.2, 0) is 4.74 Å². The molecule has 0 bridgehead atoms. The highest BCUT2D eigenvalue weighted by atomic mass is 16.5. The van der Waals surface area contributed by atoms with Gasteiger partial charge in [0.2, 0.25) is 0 Å². The molecule has 1 heterocycles. The van der Waals surface area contributed by atoms with Crippen molar-refractivity contribution >= 4 is 11.8 Å². The second-order valence-electron chi connectivity index (χ2n) is 4.14. The van der Waals surface area contributed by atoms with Crippen molar-refractivity contribution in [1.29, 1.82) is 0 Å². The first-order chi connectivity index (χ1) is 8.00. The Morgan fingerprint density at radius 3 is 2.82 bits per heavy atom. The normalized spacial score (nSPS) is 9.82. The molecular weight excluding hydrogens is 216 g/mol. The highest BCUT2D eigenvalue weighted by Gasteiger charge is 2.08. The predicted molar refractivity (Wildman–Crippen MR) is 68.3 cm³/mol. The summed E-state index contributed by atoms with van der Waals surface area (Å²) in [6.45, 7) is 6.03. The Morgan fingerprint density at radius 2 is 2.24 bits per heavy atom. The first-order valence-corrected chi connectivity index (χ1v) is 5.45. The topological polar surface area (TPSA) is 42.4 Å². The third kappa shape index (κ3) is 4.26. The van der Waals surface area contributed by atoms with Gasteiger partial charge in [0.1, 0.15) is 5.82 Å². The number of carbonyl (C=O) groups is 1. The molecule has 0 aromatic carbocycles. The van der Waals surface area contributed by atoms with Crippen molar-refractivity contribution in [2.24, 2.45) is 0 Å². The van der Waals surface area contributed by atoms with Gasteiger partial charge >= 0.3 is 5.97 Å². The van der Waals surface area contributed by atoms with Gasteiger partial charge in [0, 0.05) is 26.7 Å². The van der Waals surface area contributed by atoms with E-state index in [-0.39, 0.29) is 5.97 Å². The van der Waals surface area contributed by atoms with Gasteiger partial charge in [-0.1, -0.05) is 5.57 Å². The van der Waals surface area contributed by atoms with Gasteiger partial charge in [-0.05, 0) is 19.1 Å². The summed E-state index contributed by atoms with van der Waals surface area (Å²) < 4.78 is 5.13. The predicted octanol–water partition coefficient (Wildman–Crippen LogP) is 2.27. The van der Waals surface area contributed by atoms with Crippen molar-refractivity contribution < 1.29 is 9.53 Å². The maximum atomic E-state index is 11.7. The Hall–Kier alpha value is -1.84. The van der Waals surface area contributed by atoms with Gasteiger partial charge in [-0.25, -0.2) is 9.78 Å². The van der Waals surface area contributed by atoms with E-state index in [1.807, 2.05) is 25.9 Å². The van der Waals surface area contributed by atoms with E-state index in [9.17, 15) is 4.79 Å². The number of ether oxygens (including phenoxy) is 1. The Kier molecular flexibility index (Phi) is 4.69. The van der Waals surface area contributed by atoms with Crippen LogP contribution in [0.15, 0.2) is 30.5 Å². The van der Waals surface area contributed by atoms with Crippen LogP contribution in [0.5, 0.6) is 0 Å². The number of aromatic nitrogens is 1. The van der Waals surface area contributed by atoms with Gasteiger partial charge in [-0.2, -0.15) is 0 Å². The second-order valence-corrected chi connectivity index (χ2v) is 4.14. The maximum Gasteiger partial charge on any atom is 0.338 e. The van der Waals surface area contributed by atoms with Crippen LogP contribution in [0.3, 0.4) is 0 Å². The molecular formula is C13H18N2O2. The molecule has 4 nitrogen and oxygen atoms in total. The molecule has 0 aliphatic rings. The first-order valence-electron chi connectivity index (χ1n) is 5.45. The quantitative estimate of drug-likeness (QED) is 0.579. The van der Waals surface area contributed by atoms with E-state index in [4.69, 9.17) is 4.74 Å². The van der Waals surface area contributed by atoms with Gasteiger partial charge < -0.3 is 9.64 Å². The summed E-state index contributed by atoms with van der Waals surface area (Å²) >= 11 is 0. The Morgan fingerprint density at radius 1 is 1.53 bits per heavy atom. The molecule has 1 aromatic heterocycles. The van der Waals surface area contributed by atoms with E-state index in [0.717, 1.165) is 11.4 Å². The van der Waals surface area contributed by atoms with Crippen LogP contribution >= 0.6 is 0 Å². The zero-order valence-corrected chi connectivity index (χ0v) is 10.6. The molecule has 0 spiro atoms. The minimum Gasteiger partial charge on any atom is -0.462 e. The highest BCUT2D eigenvalue weighted by Crippen LogP contribution is 2.11. The van der Waals surface area contributed by atoms with E-state index >= 15 is 0 Å². The van der Waals surface area contributed by atoms with Crippen LogP contribution in [0.2, 0.25) is 0 Å². The largest absolute Gasteiger partial charge is 0.462 e. The summed E-state index contributed by atoms with van der Waals surface area (Å²) in [5.41, 5.74) is 1.52. The molecule has 1 aromatic rings. The number of carbonyl (C=O) groups excluding carboxylic acids is 1.